The molecule has 1 unspecified atom stereocenters. The lowest BCUT2D eigenvalue weighted by molar-refractivity contribution is -0.405. The standard InChI is InChI=1S/C42H70O33/c1-2-62-18(50)3-11(49)10-63-36-29(61)42-69-17(9-48)35(36)75-41-28(60)23(55)33(15(7-46)68-41)73-39-26(58)21(53)31(13(5-44)66-39)71-37-24(56)19(51)30(12(4-43)64-37)70-38-25(57)20(52)32(14(6-45)65-38)72-40-27(59)22(54)34(74-42)16(8-47)67-40/h11-17,19-49,51-61H,2-10H2,1H3/t11?,12-,13-,14-,15-,16-,17-,19-,20-,21-,22-,23-,24-,25-,26-,27-,28-,29-,30-,31-,32-,33-,34-,35+,36-,37-,38-,39-,40-,41-,42-/m1/s1. The van der Waals surface area contributed by atoms with E-state index in [1.807, 2.05) is 0 Å². The molecule has 75 heavy (non-hydrogen) atoms. The average Bonchev–Trinajstić information content (AvgIpc) is 3.39. The fourth-order valence-corrected chi connectivity index (χ4v) is 9.80. The zero-order valence-corrected chi connectivity index (χ0v) is 39.9. The molecule has 0 radical (unpaired) electrons. The largest absolute Gasteiger partial charge is 0.466 e. The number of aliphatic hydroxyl groups excluding tert-OH is 18. The average molecular weight is 1100 g/mol. The summed E-state index contributed by atoms with van der Waals surface area (Å²) in [5, 5.41) is 199. The molecule has 18 N–H and O–H groups in total. The first-order chi connectivity index (χ1) is 35.7. The van der Waals surface area contributed by atoms with E-state index in [9.17, 15) is 96.7 Å². The summed E-state index contributed by atoms with van der Waals surface area (Å²) in [5.74, 6) is -0.850. The second kappa shape index (κ2) is 26.7. The third kappa shape index (κ3) is 12.9. The summed E-state index contributed by atoms with van der Waals surface area (Å²) < 4.78 is 79.8. The predicted molar refractivity (Wildman–Crippen MR) is 227 cm³/mol. The number of esters is 1. The van der Waals surface area contributed by atoms with Crippen LogP contribution in [0.4, 0.5) is 0 Å². The Labute approximate surface area is 425 Å². The molecule has 22 aliphatic rings. The number of hydrogen-bond acceptors (Lipinski definition) is 33. The van der Waals surface area contributed by atoms with Crippen molar-refractivity contribution in [2.75, 3.05) is 52.9 Å². The first-order valence-corrected chi connectivity index (χ1v) is 24.2. The fraction of sp³-hybridized carbons (Fsp3) is 0.976. The molecule has 22 aliphatic heterocycles. The number of ether oxygens (including phenoxy) is 14. The van der Waals surface area contributed by atoms with Crippen LogP contribution in [0.3, 0.4) is 0 Å². The Balaban J connectivity index is 1.22. The van der Waals surface area contributed by atoms with Crippen LogP contribution in [0.15, 0.2) is 0 Å². The van der Waals surface area contributed by atoms with Crippen molar-refractivity contribution in [3.8, 4) is 0 Å². The maximum atomic E-state index is 12.2. The van der Waals surface area contributed by atoms with E-state index >= 15 is 0 Å². The number of aliphatic hydroxyl groups is 18. The molecule has 22 fully saturated rings. The third-order valence-corrected chi connectivity index (χ3v) is 13.8. The maximum Gasteiger partial charge on any atom is 0.308 e. The molecule has 12 bridgehead atoms. The van der Waals surface area contributed by atoms with Crippen LogP contribution in [-0.2, 0) is 71.1 Å². The molecule has 0 aromatic heterocycles. The van der Waals surface area contributed by atoms with E-state index in [1.165, 1.54) is 6.92 Å². The first-order valence-electron chi connectivity index (χ1n) is 24.2. The highest BCUT2D eigenvalue weighted by molar-refractivity contribution is 5.69. The molecular weight excluding hydrogens is 1030 g/mol. The van der Waals surface area contributed by atoms with Crippen LogP contribution in [0.5, 0.6) is 0 Å². The van der Waals surface area contributed by atoms with Gasteiger partial charge in [-0.2, -0.15) is 0 Å². The van der Waals surface area contributed by atoms with Crippen LogP contribution >= 0.6 is 0 Å². The summed E-state index contributed by atoms with van der Waals surface area (Å²) in [6, 6.07) is 0. The van der Waals surface area contributed by atoms with Crippen LogP contribution in [0.2, 0.25) is 0 Å². The van der Waals surface area contributed by atoms with Crippen molar-refractivity contribution in [3.05, 3.63) is 0 Å². The summed E-state index contributed by atoms with van der Waals surface area (Å²) in [6.07, 6.45) is -61.7. The summed E-state index contributed by atoms with van der Waals surface area (Å²) in [6.45, 7) is -5.52. The zero-order valence-electron chi connectivity index (χ0n) is 39.9. The van der Waals surface area contributed by atoms with Crippen LogP contribution in [0.1, 0.15) is 13.3 Å². The van der Waals surface area contributed by atoms with Crippen molar-refractivity contribution in [2.24, 2.45) is 0 Å². The van der Waals surface area contributed by atoms with Crippen LogP contribution in [0.25, 0.3) is 0 Å². The Morgan fingerprint density at radius 3 is 0.867 bits per heavy atom. The Kier molecular flexibility index (Phi) is 21.6. The monoisotopic (exact) mass is 1100 g/mol. The van der Waals surface area contributed by atoms with Gasteiger partial charge in [-0.15, -0.1) is 0 Å². The molecule has 33 heteroatoms. The van der Waals surface area contributed by atoms with Gasteiger partial charge in [0.1, 0.15) is 146 Å². The van der Waals surface area contributed by atoms with Crippen LogP contribution in [0, 0.1) is 0 Å². The smallest absolute Gasteiger partial charge is 0.308 e. The molecule has 0 aromatic rings. The van der Waals surface area contributed by atoms with Gasteiger partial charge in [0, 0.05) is 0 Å². The van der Waals surface area contributed by atoms with Crippen molar-refractivity contribution in [1.82, 2.24) is 0 Å². The quantitative estimate of drug-likeness (QED) is 0.0807. The molecule has 0 saturated carbocycles. The van der Waals surface area contributed by atoms with Crippen molar-refractivity contribution in [2.45, 2.75) is 204 Å². The van der Waals surface area contributed by atoms with E-state index in [1.54, 1.807) is 0 Å². The SMILES string of the molecule is CCOC(=O)CC(O)CO[C@@H]1[C@@H](O)[C@H]2O[C@H]3[C@H](O)[C@@H](O)[C@@H](O[C@H]4[C@H](O)[C@@H](O)[C@@H](O[C@H]5[C@H](O)[C@@H](O)[C@@H](O[C@H]6[C@H](O)[C@@H](O)[C@@H](O[C@H]7[C@H](O)[C@@H](O)[C@@H](O[C@H]1[C@@H](CO)O2)O[C@@H]7CO)O[C@@H]6CO)O[C@@H]5CO)O[C@@H]4CO)O[C@@H]3CO. The van der Waals surface area contributed by atoms with Gasteiger partial charge in [-0.3, -0.25) is 4.79 Å². The molecule has 22 heterocycles. The summed E-state index contributed by atoms with van der Waals surface area (Å²) >= 11 is 0. The minimum Gasteiger partial charge on any atom is -0.466 e. The van der Waals surface area contributed by atoms with Crippen LogP contribution in [-0.4, -0.2) is 341 Å². The summed E-state index contributed by atoms with van der Waals surface area (Å²) in [5.41, 5.74) is 0. The number of carbonyl (C=O) groups excluding carboxylic acids is 1. The van der Waals surface area contributed by atoms with E-state index in [0.29, 0.717) is 0 Å². The predicted octanol–water partition coefficient (Wildman–Crippen LogP) is -12.7. The van der Waals surface area contributed by atoms with Gasteiger partial charge in [-0.1, -0.05) is 0 Å². The van der Waals surface area contributed by atoms with Gasteiger partial charge in [0.05, 0.1) is 65.4 Å². The van der Waals surface area contributed by atoms with E-state index < -0.39 is 249 Å². The molecule has 22 saturated heterocycles. The van der Waals surface area contributed by atoms with E-state index in [-0.39, 0.29) is 6.61 Å². The normalized spacial score (nSPS) is 50.5. The van der Waals surface area contributed by atoms with Gasteiger partial charge in [0.25, 0.3) is 0 Å². The van der Waals surface area contributed by atoms with Crippen LogP contribution < -0.4 is 0 Å². The van der Waals surface area contributed by atoms with Crippen molar-refractivity contribution in [1.29, 1.82) is 0 Å². The highest BCUT2D eigenvalue weighted by atomic mass is 16.8. The molecule has 0 aliphatic carbocycles. The fourth-order valence-electron chi connectivity index (χ4n) is 9.80. The molecule has 0 amide bonds. The lowest BCUT2D eigenvalue weighted by Gasteiger charge is -2.51. The van der Waals surface area contributed by atoms with Gasteiger partial charge < -0.3 is 158 Å². The second-order valence-electron chi connectivity index (χ2n) is 18.8. The number of rotatable bonds is 12. The van der Waals surface area contributed by atoms with Crippen molar-refractivity contribution in [3.63, 3.8) is 0 Å². The van der Waals surface area contributed by atoms with Gasteiger partial charge >= 0.3 is 5.97 Å². The van der Waals surface area contributed by atoms with Crippen molar-refractivity contribution >= 4 is 5.97 Å². The molecule has 33 nitrogen and oxygen atoms in total. The van der Waals surface area contributed by atoms with E-state index in [0.717, 1.165) is 0 Å². The minimum absolute atomic E-state index is 0.0443. The zero-order chi connectivity index (χ0) is 54.7. The molecular formula is C42H70O33. The van der Waals surface area contributed by atoms with Gasteiger partial charge in [0.2, 0.25) is 0 Å². The summed E-state index contributed by atoms with van der Waals surface area (Å²) in [4.78, 5) is 12.2. The molecule has 22 rings (SSSR count). The van der Waals surface area contributed by atoms with E-state index in [4.69, 9.17) is 66.3 Å². The highest BCUT2D eigenvalue weighted by Gasteiger charge is 2.59. The lowest BCUT2D eigenvalue weighted by atomic mass is 9.94. The van der Waals surface area contributed by atoms with Crippen molar-refractivity contribution < 1.29 is 163 Å². The number of carbonyl (C=O) groups is 1. The third-order valence-electron chi connectivity index (χ3n) is 13.8. The Morgan fingerprint density at radius 1 is 0.373 bits per heavy atom. The molecule has 0 spiro atoms. The Bertz CT molecular complexity index is 1750. The maximum absolute atomic E-state index is 12.2. The number of hydrogen-bond donors (Lipinski definition) is 18. The minimum atomic E-state index is -2.21. The van der Waals surface area contributed by atoms with Gasteiger partial charge in [-0.25, -0.2) is 0 Å². The Morgan fingerprint density at radius 2 is 0.613 bits per heavy atom. The Hall–Kier alpha value is -1.77. The lowest BCUT2D eigenvalue weighted by Crippen LogP contribution is -2.69. The molecule has 0 aromatic carbocycles. The topological polar surface area (TPSA) is 510 Å². The van der Waals surface area contributed by atoms with Gasteiger partial charge in [0.15, 0.2) is 37.7 Å². The highest BCUT2D eigenvalue weighted by Crippen LogP contribution is 2.38. The molecule has 436 valence electrons. The van der Waals surface area contributed by atoms with E-state index in [2.05, 4.69) is 0 Å². The van der Waals surface area contributed by atoms with Gasteiger partial charge in [-0.05, 0) is 6.92 Å². The first kappa shape index (κ1) is 60.9. The molecule has 31 atom stereocenters. The summed E-state index contributed by atoms with van der Waals surface area (Å²) in [7, 11) is 0. The second-order valence-corrected chi connectivity index (χ2v) is 18.8.